The van der Waals surface area contributed by atoms with Gasteiger partial charge in [0.25, 0.3) is 0 Å². The molecule has 1 aromatic heterocycles. The minimum Gasteiger partial charge on any atom is -0.477 e. The minimum absolute atomic E-state index is 0.0372. The van der Waals surface area contributed by atoms with Crippen LogP contribution in [0.2, 0.25) is 0 Å². The number of urea groups is 1. The number of anilines is 1. The number of hydrogen-bond acceptors (Lipinski definition) is 7. The van der Waals surface area contributed by atoms with Crippen molar-refractivity contribution in [1.29, 1.82) is 0 Å². The van der Waals surface area contributed by atoms with Crippen molar-refractivity contribution in [3.63, 3.8) is 0 Å². The first kappa shape index (κ1) is 22.8. The first-order valence-corrected chi connectivity index (χ1v) is 10.2. The van der Waals surface area contributed by atoms with Gasteiger partial charge in [-0.25, -0.2) is 18.4 Å². The van der Waals surface area contributed by atoms with Crippen LogP contribution in [0.1, 0.15) is 27.9 Å². The Labute approximate surface area is 180 Å². The molecule has 4 N–H and O–H groups in total. The molecule has 1 aliphatic rings. The number of aliphatic hydroxyl groups excluding tert-OH is 1. The number of carboxylic acids is 1. The summed E-state index contributed by atoms with van der Waals surface area (Å²) in [5.41, 5.74) is -0.346. The second kappa shape index (κ2) is 9.54. The highest BCUT2D eigenvalue weighted by Crippen LogP contribution is 2.31. The van der Waals surface area contributed by atoms with Crippen molar-refractivity contribution in [2.75, 3.05) is 25.5 Å². The molecule has 0 saturated carbocycles. The van der Waals surface area contributed by atoms with E-state index in [1.807, 2.05) is 11.9 Å². The number of aliphatic hydroxyl groups is 1. The average molecular weight is 456 g/mol. The predicted molar refractivity (Wildman–Crippen MR) is 109 cm³/mol. The Bertz CT molecular complexity index is 986. The number of halogens is 2. The monoisotopic (exact) mass is 456 g/mol. The van der Waals surface area contributed by atoms with Crippen LogP contribution in [0.15, 0.2) is 12.1 Å². The molecule has 3 rings (SSSR count). The van der Waals surface area contributed by atoms with E-state index in [2.05, 4.69) is 15.0 Å². The Morgan fingerprint density at radius 2 is 2.10 bits per heavy atom. The molecule has 1 aromatic carbocycles. The predicted octanol–water partition coefficient (Wildman–Crippen LogP) is 2.19. The fraction of sp³-hybridized carbons (Fsp3) is 0.421. The van der Waals surface area contributed by atoms with Gasteiger partial charge in [0, 0.05) is 24.7 Å². The van der Waals surface area contributed by atoms with E-state index >= 15 is 0 Å². The summed E-state index contributed by atoms with van der Waals surface area (Å²) in [6.07, 6.45) is 0.0674. The minimum atomic E-state index is -1.40. The molecule has 168 valence electrons. The summed E-state index contributed by atoms with van der Waals surface area (Å²) >= 11 is 0.691. The van der Waals surface area contributed by atoms with Crippen LogP contribution in [-0.4, -0.2) is 63.8 Å². The van der Waals surface area contributed by atoms with Crippen molar-refractivity contribution < 1.29 is 33.3 Å². The van der Waals surface area contributed by atoms with Gasteiger partial charge in [0.2, 0.25) is 5.88 Å². The lowest BCUT2D eigenvalue weighted by molar-refractivity contribution is 0.0693. The number of hydrogen-bond donors (Lipinski definition) is 4. The summed E-state index contributed by atoms with van der Waals surface area (Å²) in [4.78, 5) is 25.8. The third kappa shape index (κ3) is 5.46. The van der Waals surface area contributed by atoms with E-state index in [9.17, 15) is 28.6 Å². The van der Waals surface area contributed by atoms with Gasteiger partial charge in [0.1, 0.15) is 23.2 Å². The Hall–Kier alpha value is -2.83. The Morgan fingerprint density at radius 1 is 1.35 bits per heavy atom. The fourth-order valence-corrected chi connectivity index (χ4v) is 3.96. The van der Waals surface area contributed by atoms with E-state index in [1.165, 1.54) is 6.92 Å². The van der Waals surface area contributed by atoms with Gasteiger partial charge in [0.05, 0.1) is 6.10 Å². The van der Waals surface area contributed by atoms with Crippen LogP contribution >= 0.6 is 11.5 Å². The number of carboxylic acid groups (broad SMARTS) is 1. The number of nitrogens with one attached hydrogen (secondary N) is 2. The maximum absolute atomic E-state index is 14.0. The number of aryl methyl sites for hydroxylation is 1. The third-order valence-electron chi connectivity index (χ3n) is 4.96. The Kier molecular flexibility index (Phi) is 7.03. The van der Waals surface area contributed by atoms with Crippen molar-refractivity contribution in [2.45, 2.75) is 32.1 Å². The molecule has 9 nitrogen and oxygen atoms in total. The van der Waals surface area contributed by atoms with Crippen LogP contribution < -0.4 is 15.4 Å². The molecule has 2 atom stereocenters. The fourth-order valence-electron chi connectivity index (χ4n) is 3.24. The van der Waals surface area contributed by atoms with Gasteiger partial charge < -0.3 is 20.3 Å². The first-order chi connectivity index (χ1) is 14.7. The van der Waals surface area contributed by atoms with Crippen molar-refractivity contribution in [2.24, 2.45) is 0 Å². The Morgan fingerprint density at radius 3 is 2.74 bits per heavy atom. The molecule has 12 heteroatoms. The highest BCUT2D eigenvalue weighted by atomic mass is 32.1. The van der Waals surface area contributed by atoms with Gasteiger partial charge >= 0.3 is 12.0 Å². The molecule has 1 aliphatic heterocycles. The zero-order chi connectivity index (χ0) is 22.7. The standard InChI is InChI=1S/C19H22F2N4O5S/c1-9-3-14(21)10(4-13(9)20)8-30-16-15(18(27)28)17(31-24-16)23-19(29)22-6-11-5-12(26)7-25(11)2/h3-4,11-12,26H,5-8H2,1-2H3,(H,27,28)(H2,22,23,29). The second-order valence-corrected chi connectivity index (χ2v) is 8.07. The van der Waals surface area contributed by atoms with E-state index in [-0.39, 0.29) is 40.2 Å². The number of aromatic nitrogens is 1. The lowest BCUT2D eigenvalue weighted by atomic mass is 10.1. The summed E-state index contributed by atoms with van der Waals surface area (Å²) in [6.45, 7) is 1.76. The van der Waals surface area contributed by atoms with E-state index in [4.69, 9.17) is 4.74 Å². The van der Waals surface area contributed by atoms with Gasteiger partial charge in [-0.15, -0.1) is 0 Å². The van der Waals surface area contributed by atoms with Crippen LogP contribution in [0.3, 0.4) is 0 Å². The van der Waals surface area contributed by atoms with Crippen LogP contribution in [-0.2, 0) is 6.61 Å². The van der Waals surface area contributed by atoms with Gasteiger partial charge in [-0.1, -0.05) is 0 Å². The normalized spacial score (nSPS) is 18.7. The quantitative estimate of drug-likeness (QED) is 0.504. The van der Waals surface area contributed by atoms with Crippen LogP contribution in [0.4, 0.5) is 18.6 Å². The van der Waals surface area contributed by atoms with Crippen LogP contribution in [0, 0.1) is 18.6 Å². The van der Waals surface area contributed by atoms with Gasteiger partial charge in [-0.3, -0.25) is 10.2 Å². The molecule has 2 unspecified atom stereocenters. The number of likely N-dealkylation sites (N-methyl/N-ethyl adjacent to an activating group) is 1. The molecule has 2 heterocycles. The van der Waals surface area contributed by atoms with Crippen molar-refractivity contribution in [3.05, 3.63) is 40.5 Å². The van der Waals surface area contributed by atoms with E-state index in [1.54, 1.807) is 0 Å². The smallest absolute Gasteiger partial charge is 0.344 e. The summed E-state index contributed by atoms with van der Waals surface area (Å²) in [7, 11) is 1.83. The first-order valence-electron chi connectivity index (χ1n) is 9.39. The number of ether oxygens (including phenoxy) is 1. The number of carbonyl (C=O) groups excluding carboxylic acids is 1. The lowest BCUT2D eigenvalue weighted by Crippen LogP contribution is -2.40. The second-order valence-electron chi connectivity index (χ2n) is 7.30. The van der Waals surface area contributed by atoms with E-state index in [0.29, 0.717) is 24.5 Å². The van der Waals surface area contributed by atoms with Gasteiger partial charge in [-0.2, -0.15) is 4.37 Å². The third-order valence-corrected chi connectivity index (χ3v) is 5.70. The number of rotatable bonds is 7. The van der Waals surface area contributed by atoms with Crippen molar-refractivity contribution in [3.8, 4) is 5.88 Å². The van der Waals surface area contributed by atoms with Crippen LogP contribution in [0.5, 0.6) is 5.88 Å². The van der Waals surface area contributed by atoms with Gasteiger partial charge in [0.15, 0.2) is 5.56 Å². The van der Waals surface area contributed by atoms with Crippen molar-refractivity contribution >= 4 is 28.5 Å². The molecule has 1 fully saturated rings. The molecule has 0 aliphatic carbocycles. The number of likely N-dealkylation sites (tertiary alicyclic amines) is 1. The Balaban J connectivity index is 1.64. The number of nitrogens with zero attached hydrogens (tertiary/aromatic N) is 2. The summed E-state index contributed by atoms with van der Waals surface area (Å²) < 4.78 is 36.8. The van der Waals surface area contributed by atoms with E-state index in [0.717, 1.165) is 12.1 Å². The number of aromatic carboxylic acids is 1. The zero-order valence-electron chi connectivity index (χ0n) is 16.8. The summed E-state index contributed by atoms with van der Waals surface area (Å²) in [5, 5.41) is 24.1. The molecule has 2 amide bonds. The number of carbonyl (C=O) groups is 2. The number of amides is 2. The van der Waals surface area contributed by atoms with Crippen molar-refractivity contribution in [1.82, 2.24) is 14.6 Å². The zero-order valence-corrected chi connectivity index (χ0v) is 17.6. The molecule has 2 aromatic rings. The largest absolute Gasteiger partial charge is 0.477 e. The topological polar surface area (TPSA) is 124 Å². The molecule has 0 radical (unpaired) electrons. The molecular weight excluding hydrogens is 434 g/mol. The molecular formula is C19H22F2N4O5S. The molecule has 0 spiro atoms. The number of β-amino-alcohol motifs (C(OH)–C–C–N with tert-alkyl or cyclic N) is 1. The summed E-state index contributed by atoms with van der Waals surface area (Å²) in [5.74, 6) is -3.01. The SMILES string of the molecule is Cc1cc(F)c(COc2nsc(NC(=O)NCC3CC(O)CN3C)c2C(=O)O)cc1F. The lowest BCUT2D eigenvalue weighted by Gasteiger charge is -2.19. The highest BCUT2D eigenvalue weighted by Gasteiger charge is 2.29. The van der Waals surface area contributed by atoms with Crippen LogP contribution in [0.25, 0.3) is 0 Å². The number of benzene rings is 1. The molecule has 1 saturated heterocycles. The molecule has 31 heavy (non-hydrogen) atoms. The maximum Gasteiger partial charge on any atom is 0.344 e. The maximum atomic E-state index is 14.0. The highest BCUT2D eigenvalue weighted by molar-refractivity contribution is 7.11. The van der Waals surface area contributed by atoms with E-state index < -0.39 is 36.3 Å². The average Bonchev–Trinajstić information content (AvgIpc) is 3.23. The summed E-state index contributed by atoms with van der Waals surface area (Å²) in [6, 6.07) is 1.32. The van der Waals surface area contributed by atoms with Gasteiger partial charge in [-0.05, 0) is 49.6 Å². The molecule has 0 bridgehead atoms.